The van der Waals surface area contributed by atoms with Gasteiger partial charge in [0.05, 0.1) is 13.7 Å². The van der Waals surface area contributed by atoms with E-state index in [-0.39, 0.29) is 18.4 Å². The minimum absolute atomic E-state index is 0. The molecule has 1 aromatic carbocycles. The van der Waals surface area contributed by atoms with Crippen LogP contribution in [-0.2, 0) is 6.54 Å². The Morgan fingerprint density at radius 1 is 1.14 bits per heavy atom. The molecule has 2 rings (SSSR count). The van der Waals surface area contributed by atoms with E-state index >= 15 is 0 Å². The van der Waals surface area contributed by atoms with Gasteiger partial charge in [-0.25, -0.2) is 4.99 Å². The largest absolute Gasteiger partial charge is 0.497 e. The third-order valence-corrected chi connectivity index (χ3v) is 3.49. The van der Waals surface area contributed by atoms with Crippen LogP contribution in [0.2, 0.25) is 0 Å². The average molecular weight is 326 g/mol. The first-order valence-corrected chi connectivity index (χ1v) is 7.21. The molecule has 0 spiro atoms. The summed E-state index contributed by atoms with van der Waals surface area (Å²) >= 11 is 0. The molecule has 0 amide bonds. The molecule has 1 aliphatic heterocycles. The number of halogens is 1. The van der Waals surface area contributed by atoms with Crippen molar-refractivity contribution in [1.29, 1.82) is 0 Å². The summed E-state index contributed by atoms with van der Waals surface area (Å²) in [6.07, 6.45) is 3.56. The van der Waals surface area contributed by atoms with Crippen molar-refractivity contribution in [1.82, 2.24) is 4.90 Å². The van der Waals surface area contributed by atoms with Crippen LogP contribution < -0.4 is 16.2 Å². The van der Waals surface area contributed by atoms with E-state index in [0.29, 0.717) is 12.5 Å². The van der Waals surface area contributed by atoms with Gasteiger partial charge in [-0.05, 0) is 37.0 Å². The van der Waals surface area contributed by atoms with Gasteiger partial charge in [0.25, 0.3) is 0 Å². The smallest absolute Gasteiger partial charge is 0.218 e. The average Bonchev–Trinajstić information content (AvgIpc) is 2.54. The number of hydrogen-bond acceptors (Lipinski definition) is 2. The van der Waals surface area contributed by atoms with Crippen molar-refractivity contribution in [2.75, 3.05) is 20.2 Å². The monoisotopic (exact) mass is 325 g/mol. The summed E-state index contributed by atoms with van der Waals surface area (Å²) in [5.74, 6) is 1.50. The second-order valence-corrected chi connectivity index (χ2v) is 5.04. The lowest BCUT2D eigenvalue weighted by atomic mass is 10.1. The molecule has 22 heavy (non-hydrogen) atoms. The van der Waals surface area contributed by atoms with Crippen molar-refractivity contribution in [3.63, 3.8) is 0 Å². The third kappa shape index (κ3) is 5.44. The molecule has 7 heteroatoms. The van der Waals surface area contributed by atoms with E-state index in [9.17, 15) is 0 Å². The number of likely N-dealkylation sites (tertiary alicyclic amines) is 1. The minimum atomic E-state index is 0. The molecule has 1 aliphatic rings. The van der Waals surface area contributed by atoms with E-state index in [4.69, 9.17) is 16.2 Å². The molecule has 1 fully saturated rings. The highest BCUT2D eigenvalue weighted by molar-refractivity contribution is 5.93. The van der Waals surface area contributed by atoms with Gasteiger partial charge in [-0.2, -0.15) is 4.99 Å². The number of rotatable bonds is 3. The first kappa shape index (κ1) is 18.1. The summed E-state index contributed by atoms with van der Waals surface area (Å²) in [6, 6.07) is 7.69. The van der Waals surface area contributed by atoms with Crippen LogP contribution in [0.25, 0.3) is 0 Å². The Morgan fingerprint density at radius 3 is 2.36 bits per heavy atom. The Labute approximate surface area is 137 Å². The van der Waals surface area contributed by atoms with Crippen molar-refractivity contribution in [2.45, 2.75) is 25.8 Å². The molecule has 6 nitrogen and oxygen atoms in total. The molecule has 0 aromatic heterocycles. The summed E-state index contributed by atoms with van der Waals surface area (Å²) < 4.78 is 5.11. The molecule has 0 saturated carbocycles. The fourth-order valence-corrected chi connectivity index (χ4v) is 2.25. The summed E-state index contributed by atoms with van der Waals surface area (Å²) in [6.45, 7) is 2.37. The number of nitrogens with zero attached hydrogens (tertiary/aromatic N) is 3. The standard InChI is InChI=1S/C15H23N5O.ClH/c1-21-13-7-5-12(6-8-13)11-18-14(16)19-15(17)20-9-3-2-4-10-20;/h5-8H,2-4,9-11H2,1H3,(H4,16,17,18,19);1H. The van der Waals surface area contributed by atoms with Gasteiger partial charge in [0, 0.05) is 13.1 Å². The summed E-state index contributed by atoms with van der Waals surface area (Å²) in [5, 5.41) is 0. The van der Waals surface area contributed by atoms with Gasteiger partial charge < -0.3 is 21.1 Å². The fourth-order valence-electron chi connectivity index (χ4n) is 2.25. The first-order valence-electron chi connectivity index (χ1n) is 7.21. The van der Waals surface area contributed by atoms with Gasteiger partial charge in [-0.3, -0.25) is 0 Å². The number of guanidine groups is 2. The lowest BCUT2D eigenvalue weighted by Gasteiger charge is -2.27. The molecule has 1 saturated heterocycles. The zero-order chi connectivity index (χ0) is 15.1. The van der Waals surface area contributed by atoms with Crippen LogP contribution in [0.3, 0.4) is 0 Å². The first-order chi connectivity index (χ1) is 10.2. The second kappa shape index (κ2) is 9.15. The Balaban J connectivity index is 0.00000242. The van der Waals surface area contributed by atoms with Crippen LogP contribution in [-0.4, -0.2) is 37.0 Å². The van der Waals surface area contributed by atoms with Gasteiger partial charge in [0.1, 0.15) is 5.75 Å². The second-order valence-electron chi connectivity index (χ2n) is 5.04. The highest BCUT2D eigenvalue weighted by atomic mass is 35.5. The molecule has 4 N–H and O–H groups in total. The number of nitrogens with two attached hydrogens (primary N) is 2. The van der Waals surface area contributed by atoms with E-state index in [1.165, 1.54) is 6.42 Å². The maximum atomic E-state index is 5.95. The third-order valence-electron chi connectivity index (χ3n) is 3.49. The number of ether oxygens (including phenoxy) is 1. The van der Waals surface area contributed by atoms with Crippen LogP contribution in [0.5, 0.6) is 5.75 Å². The van der Waals surface area contributed by atoms with Crippen molar-refractivity contribution in [2.24, 2.45) is 21.5 Å². The maximum absolute atomic E-state index is 5.95. The van der Waals surface area contributed by atoms with Gasteiger partial charge in [0.2, 0.25) is 5.96 Å². The lowest BCUT2D eigenvalue weighted by Crippen LogP contribution is -2.41. The van der Waals surface area contributed by atoms with E-state index in [1.807, 2.05) is 24.3 Å². The molecule has 0 unspecified atom stereocenters. The molecular weight excluding hydrogens is 302 g/mol. The van der Waals surface area contributed by atoms with Gasteiger partial charge in [-0.1, -0.05) is 12.1 Å². The molecule has 1 aromatic rings. The van der Waals surface area contributed by atoms with E-state index < -0.39 is 0 Å². The zero-order valence-corrected chi connectivity index (χ0v) is 13.7. The van der Waals surface area contributed by atoms with Crippen LogP contribution in [0.1, 0.15) is 24.8 Å². The topological polar surface area (TPSA) is 89.2 Å². The summed E-state index contributed by atoms with van der Waals surface area (Å²) in [7, 11) is 1.64. The van der Waals surface area contributed by atoms with Gasteiger partial charge in [-0.15, -0.1) is 12.4 Å². The van der Waals surface area contributed by atoms with E-state index in [1.54, 1.807) is 7.11 Å². The van der Waals surface area contributed by atoms with Crippen molar-refractivity contribution in [3.8, 4) is 5.75 Å². The fraction of sp³-hybridized carbons (Fsp3) is 0.467. The van der Waals surface area contributed by atoms with E-state index in [0.717, 1.165) is 37.2 Å². The maximum Gasteiger partial charge on any atom is 0.218 e. The highest BCUT2D eigenvalue weighted by Crippen LogP contribution is 2.12. The molecule has 0 radical (unpaired) electrons. The van der Waals surface area contributed by atoms with Crippen molar-refractivity contribution in [3.05, 3.63) is 29.8 Å². The SMILES string of the molecule is COc1ccc(CN=C(N)N=C(N)N2CCCCC2)cc1.Cl. The van der Waals surface area contributed by atoms with Crippen LogP contribution in [0.4, 0.5) is 0 Å². The summed E-state index contributed by atoms with van der Waals surface area (Å²) in [4.78, 5) is 10.5. The number of aliphatic imine (C=N–C) groups is 2. The van der Waals surface area contributed by atoms with Crippen LogP contribution in [0, 0.1) is 0 Å². The lowest BCUT2D eigenvalue weighted by molar-refractivity contribution is 0.339. The molecule has 0 atom stereocenters. The molecular formula is C15H24ClN5O. The predicted octanol–water partition coefficient (Wildman–Crippen LogP) is 1.73. The summed E-state index contributed by atoms with van der Waals surface area (Å²) in [5.41, 5.74) is 12.8. The molecule has 122 valence electrons. The van der Waals surface area contributed by atoms with Crippen LogP contribution in [0.15, 0.2) is 34.3 Å². The zero-order valence-electron chi connectivity index (χ0n) is 12.9. The Morgan fingerprint density at radius 2 is 1.77 bits per heavy atom. The minimum Gasteiger partial charge on any atom is -0.497 e. The van der Waals surface area contributed by atoms with Gasteiger partial charge in [0.15, 0.2) is 5.96 Å². The highest BCUT2D eigenvalue weighted by Gasteiger charge is 2.12. The Kier molecular flexibility index (Phi) is 7.52. The molecule has 0 aliphatic carbocycles. The van der Waals surface area contributed by atoms with E-state index in [2.05, 4.69) is 14.9 Å². The van der Waals surface area contributed by atoms with Crippen molar-refractivity contribution < 1.29 is 4.74 Å². The predicted molar refractivity (Wildman–Crippen MR) is 92.6 cm³/mol. The quantitative estimate of drug-likeness (QED) is 0.654. The van der Waals surface area contributed by atoms with Gasteiger partial charge >= 0.3 is 0 Å². The number of piperidine rings is 1. The Hall–Kier alpha value is -1.95. The molecule has 0 bridgehead atoms. The normalized spacial score (nSPS) is 16.1. The van der Waals surface area contributed by atoms with Crippen molar-refractivity contribution >= 4 is 24.3 Å². The Bertz CT molecular complexity index is 509. The number of methoxy groups -OCH3 is 1. The van der Waals surface area contributed by atoms with Crippen LogP contribution >= 0.6 is 12.4 Å². The molecule has 1 heterocycles. The number of benzene rings is 1. The number of hydrogen-bond donors (Lipinski definition) is 2.